The summed E-state index contributed by atoms with van der Waals surface area (Å²) in [6, 6.07) is 17.3. The fraction of sp³-hybridized carbons (Fsp3) is 0.429. The van der Waals surface area contributed by atoms with Gasteiger partial charge in [0, 0.05) is 27.4 Å². The summed E-state index contributed by atoms with van der Waals surface area (Å²) in [5.41, 5.74) is 2.03. The normalized spacial score (nSPS) is 12.2. The molecule has 0 atom stereocenters. The number of thioether (sulfide) groups is 1. The molecule has 0 bridgehead atoms. The van der Waals surface area contributed by atoms with Gasteiger partial charge >= 0.3 is 8.80 Å². The summed E-state index contributed by atoms with van der Waals surface area (Å²) in [5, 5.41) is 0. The van der Waals surface area contributed by atoms with E-state index in [0.717, 1.165) is 36.0 Å². The van der Waals surface area contributed by atoms with E-state index < -0.39 is 18.6 Å². The first-order valence-corrected chi connectivity index (χ1v) is 14.3. The van der Waals surface area contributed by atoms with Crippen molar-refractivity contribution >= 4 is 30.4 Å². The van der Waals surface area contributed by atoms with E-state index in [1.165, 1.54) is 5.56 Å². The molecule has 2 rings (SSSR count). The van der Waals surface area contributed by atoms with Gasteiger partial charge in [-0.3, -0.25) is 0 Å². The molecule has 160 valence electrons. The van der Waals surface area contributed by atoms with E-state index in [-0.39, 0.29) is 5.75 Å². The summed E-state index contributed by atoms with van der Waals surface area (Å²) in [5.74, 6) is 2.07. The standard InChI is InChI=1S/C21H30O5S2Si/c1-24-29(25-2,26-3)17-7-15-27-16-14-19-10-12-20(13-11-19)18-28(22,23)21-8-5-4-6-9-21/h4-6,8-13H,7,14-18H2,1-3H3. The molecule has 0 aliphatic heterocycles. The molecule has 8 heteroatoms. The van der Waals surface area contributed by atoms with Crippen molar-refractivity contribution in [2.45, 2.75) is 29.5 Å². The van der Waals surface area contributed by atoms with Crippen molar-refractivity contribution in [1.82, 2.24) is 0 Å². The fourth-order valence-corrected chi connectivity index (χ4v) is 7.25. The van der Waals surface area contributed by atoms with E-state index in [9.17, 15) is 8.42 Å². The van der Waals surface area contributed by atoms with Crippen molar-refractivity contribution in [2.75, 3.05) is 32.8 Å². The largest absolute Gasteiger partial charge is 0.500 e. The molecule has 0 amide bonds. The molecular formula is C21H30O5S2Si. The van der Waals surface area contributed by atoms with Crippen LogP contribution in [0.25, 0.3) is 0 Å². The van der Waals surface area contributed by atoms with Crippen LogP contribution in [0.5, 0.6) is 0 Å². The van der Waals surface area contributed by atoms with Crippen molar-refractivity contribution < 1.29 is 21.7 Å². The Morgan fingerprint density at radius 1 is 0.828 bits per heavy atom. The summed E-state index contributed by atoms with van der Waals surface area (Å²) in [4.78, 5) is 0.364. The van der Waals surface area contributed by atoms with Gasteiger partial charge in [-0.2, -0.15) is 11.8 Å². The molecule has 0 saturated heterocycles. The van der Waals surface area contributed by atoms with Crippen LogP contribution in [0.15, 0.2) is 59.5 Å². The van der Waals surface area contributed by atoms with Gasteiger partial charge in [-0.15, -0.1) is 0 Å². The molecule has 2 aromatic rings. The summed E-state index contributed by atoms with van der Waals surface area (Å²) < 4.78 is 41.2. The fourth-order valence-electron chi connectivity index (χ4n) is 2.97. The van der Waals surface area contributed by atoms with Crippen LogP contribution in [0.2, 0.25) is 6.04 Å². The van der Waals surface area contributed by atoms with Crippen LogP contribution in [-0.4, -0.2) is 50.1 Å². The van der Waals surface area contributed by atoms with E-state index >= 15 is 0 Å². The van der Waals surface area contributed by atoms with Crippen LogP contribution in [0.3, 0.4) is 0 Å². The molecule has 0 radical (unpaired) electrons. The second-order valence-corrected chi connectivity index (χ2v) is 13.0. The van der Waals surface area contributed by atoms with Crippen molar-refractivity contribution in [3.05, 3.63) is 65.7 Å². The predicted molar refractivity (Wildman–Crippen MR) is 121 cm³/mol. The molecule has 0 heterocycles. The van der Waals surface area contributed by atoms with Crippen LogP contribution < -0.4 is 0 Å². The maximum absolute atomic E-state index is 12.5. The summed E-state index contributed by atoms with van der Waals surface area (Å²) in [7, 11) is -0.838. The minimum Gasteiger partial charge on any atom is -0.377 e. The zero-order valence-corrected chi connectivity index (χ0v) is 19.9. The Morgan fingerprint density at radius 3 is 2.00 bits per heavy atom. The van der Waals surface area contributed by atoms with Crippen LogP contribution in [0.4, 0.5) is 0 Å². The smallest absolute Gasteiger partial charge is 0.377 e. The Balaban J connectivity index is 1.74. The zero-order chi connectivity index (χ0) is 21.2. The molecule has 5 nitrogen and oxygen atoms in total. The Kier molecular flexibility index (Phi) is 9.87. The van der Waals surface area contributed by atoms with Crippen molar-refractivity contribution in [3.8, 4) is 0 Å². The summed E-state index contributed by atoms with van der Waals surface area (Å²) in [6.45, 7) is 0. The minimum absolute atomic E-state index is 0.0240. The second kappa shape index (κ2) is 11.9. The van der Waals surface area contributed by atoms with E-state index in [0.29, 0.717) is 4.90 Å². The van der Waals surface area contributed by atoms with Gasteiger partial charge in [0.15, 0.2) is 9.84 Å². The topological polar surface area (TPSA) is 61.8 Å². The van der Waals surface area contributed by atoms with Gasteiger partial charge in [-0.05, 0) is 47.6 Å². The number of hydrogen-bond donors (Lipinski definition) is 0. The summed E-state index contributed by atoms with van der Waals surface area (Å²) >= 11 is 1.89. The monoisotopic (exact) mass is 454 g/mol. The van der Waals surface area contributed by atoms with Gasteiger partial charge in [0.1, 0.15) is 0 Å². The lowest BCUT2D eigenvalue weighted by molar-refractivity contribution is 0.123. The molecule has 0 N–H and O–H groups in total. The van der Waals surface area contributed by atoms with Crippen LogP contribution >= 0.6 is 11.8 Å². The highest BCUT2D eigenvalue weighted by Gasteiger charge is 2.36. The van der Waals surface area contributed by atoms with Gasteiger partial charge in [-0.1, -0.05) is 42.5 Å². The van der Waals surface area contributed by atoms with E-state index in [4.69, 9.17) is 13.3 Å². The third-order valence-electron chi connectivity index (χ3n) is 4.72. The predicted octanol–water partition coefficient (Wildman–Crippen LogP) is 4.20. The van der Waals surface area contributed by atoms with Gasteiger partial charge in [0.25, 0.3) is 0 Å². The third-order valence-corrected chi connectivity index (χ3v) is 10.3. The van der Waals surface area contributed by atoms with Crippen LogP contribution in [-0.2, 0) is 35.3 Å². The quantitative estimate of drug-likeness (QED) is 0.334. The highest BCUT2D eigenvalue weighted by Crippen LogP contribution is 2.19. The summed E-state index contributed by atoms with van der Waals surface area (Å²) in [6.07, 6.45) is 1.94. The molecule has 2 aromatic carbocycles. The van der Waals surface area contributed by atoms with Crippen LogP contribution in [0.1, 0.15) is 17.5 Å². The highest BCUT2D eigenvalue weighted by atomic mass is 32.2. The van der Waals surface area contributed by atoms with Crippen molar-refractivity contribution in [3.63, 3.8) is 0 Å². The number of aryl methyl sites for hydroxylation is 1. The van der Waals surface area contributed by atoms with E-state index in [2.05, 4.69) is 0 Å². The first-order chi connectivity index (χ1) is 13.9. The molecule has 0 fully saturated rings. The van der Waals surface area contributed by atoms with Crippen LogP contribution in [0, 0.1) is 0 Å². The molecule has 29 heavy (non-hydrogen) atoms. The Hall–Kier alpha value is -1.16. The number of sulfone groups is 1. The molecular weight excluding hydrogens is 424 g/mol. The lowest BCUT2D eigenvalue weighted by Gasteiger charge is -2.24. The number of benzene rings is 2. The number of hydrogen-bond acceptors (Lipinski definition) is 6. The molecule has 0 unspecified atom stereocenters. The lowest BCUT2D eigenvalue weighted by atomic mass is 10.1. The highest BCUT2D eigenvalue weighted by molar-refractivity contribution is 7.99. The number of rotatable bonds is 13. The van der Waals surface area contributed by atoms with Crippen molar-refractivity contribution in [2.24, 2.45) is 0 Å². The zero-order valence-electron chi connectivity index (χ0n) is 17.3. The van der Waals surface area contributed by atoms with E-state index in [1.54, 1.807) is 45.6 Å². The Bertz CT molecular complexity index is 814. The van der Waals surface area contributed by atoms with Crippen molar-refractivity contribution in [1.29, 1.82) is 0 Å². The second-order valence-electron chi connectivity index (χ2n) is 6.65. The Labute approximate surface area is 180 Å². The third kappa shape index (κ3) is 7.55. The molecule has 0 spiro atoms. The van der Waals surface area contributed by atoms with Gasteiger partial charge < -0.3 is 13.3 Å². The molecule has 0 aliphatic rings. The van der Waals surface area contributed by atoms with Gasteiger partial charge in [0.2, 0.25) is 0 Å². The average molecular weight is 455 g/mol. The van der Waals surface area contributed by atoms with E-state index in [1.807, 2.05) is 42.1 Å². The van der Waals surface area contributed by atoms with Gasteiger partial charge in [0.05, 0.1) is 10.6 Å². The first-order valence-electron chi connectivity index (χ1n) is 9.53. The maximum atomic E-state index is 12.5. The lowest BCUT2D eigenvalue weighted by Crippen LogP contribution is -2.42. The first kappa shape index (κ1) is 24.1. The maximum Gasteiger partial charge on any atom is 0.500 e. The molecule has 0 aliphatic carbocycles. The van der Waals surface area contributed by atoms with Gasteiger partial charge in [-0.25, -0.2) is 8.42 Å². The minimum atomic E-state index is -3.30. The molecule has 0 aromatic heterocycles. The Morgan fingerprint density at radius 2 is 1.41 bits per heavy atom. The molecule has 0 saturated carbocycles. The SMILES string of the molecule is CO[Si](CCCSCCc1ccc(CS(=O)(=O)c2ccccc2)cc1)(OC)OC. The average Bonchev–Trinajstić information content (AvgIpc) is 2.75.